The molecule has 0 unspecified atom stereocenters. The number of aromatic amines is 1. The van der Waals surface area contributed by atoms with Gasteiger partial charge in [-0.1, -0.05) is 6.07 Å². The first-order chi connectivity index (χ1) is 8.42. The zero-order valence-corrected chi connectivity index (χ0v) is 9.27. The zero-order chi connectivity index (χ0) is 11.5. The molecule has 1 aromatic heterocycles. The minimum Gasteiger partial charge on any atom is -0.486 e. The molecule has 1 aliphatic heterocycles. The molecule has 0 spiro atoms. The third-order valence-corrected chi connectivity index (χ3v) is 2.60. The minimum absolute atomic E-state index is 0.617. The Bertz CT molecular complexity index is 496. The molecular formula is C12H13N3O2. The summed E-state index contributed by atoms with van der Waals surface area (Å²) >= 11 is 0. The van der Waals surface area contributed by atoms with Crippen LogP contribution in [0.4, 0.5) is 5.69 Å². The molecule has 2 heterocycles. The van der Waals surface area contributed by atoms with E-state index in [-0.39, 0.29) is 0 Å². The van der Waals surface area contributed by atoms with E-state index < -0.39 is 0 Å². The Morgan fingerprint density at radius 2 is 2.12 bits per heavy atom. The van der Waals surface area contributed by atoms with Gasteiger partial charge in [0.25, 0.3) is 0 Å². The third-order valence-electron chi connectivity index (χ3n) is 2.60. The molecule has 0 fully saturated rings. The average Bonchev–Trinajstić information content (AvgIpc) is 2.89. The van der Waals surface area contributed by atoms with Crippen molar-refractivity contribution in [3.05, 3.63) is 36.2 Å². The van der Waals surface area contributed by atoms with Crippen LogP contribution in [-0.4, -0.2) is 23.4 Å². The van der Waals surface area contributed by atoms with Gasteiger partial charge in [0.1, 0.15) is 13.2 Å². The molecule has 2 aromatic rings. The largest absolute Gasteiger partial charge is 0.486 e. The van der Waals surface area contributed by atoms with Gasteiger partial charge in [0.2, 0.25) is 0 Å². The van der Waals surface area contributed by atoms with E-state index >= 15 is 0 Å². The van der Waals surface area contributed by atoms with Gasteiger partial charge in [0.05, 0.1) is 11.9 Å². The molecule has 0 saturated carbocycles. The van der Waals surface area contributed by atoms with Gasteiger partial charge in [0, 0.05) is 12.7 Å². The number of benzene rings is 1. The standard InChI is InChI=1S/C12H13N3O2/c1-2-11-12(17-4-3-16-11)5-9(1)6-13-10-7-14-15-8-10/h1-2,5,7-8,13H,3-4,6H2,(H,14,15). The van der Waals surface area contributed by atoms with E-state index in [2.05, 4.69) is 15.5 Å². The van der Waals surface area contributed by atoms with Crippen molar-refractivity contribution < 1.29 is 9.47 Å². The zero-order valence-electron chi connectivity index (χ0n) is 9.27. The van der Waals surface area contributed by atoms with Crippen molar-refractivity contribution in [3.8, 4) is 11.5 Å². The van der Waals surface area contributed by atoms with Crippen molar-refractivity contribution in [2.45, 2.75) is 6.54 Å². The number of hydrogen-bond acceptors (Lipinski definition) is 4. The predicted molar refractivity (Wildman–Crippen MR) is 63.3 cm³/mol. The number of fused-ring (bicyclic) bond motifs is 1. The summed E-state index contributed by atoms with van der Waals surface area (Å²) in [4.78, 5) is 0. The SMILES string of the molecule is c1cc2c(cc1CNc1cn[nH]c1)OCCO2. The second-order valence-corrected chi connectivity index (χ2v) is 3.82. The monoisotopic (exact) mass is 231 g/mol. The van der Waals surface area contributed by atoms with E-state index in [1.54, 1.807) is 6.20 Å². The Morgan fingerprint density at radius 1 is 1.24 bits per heavy atom. The van der Waals surface area contributed by atoms with Crippen LogP contribution in [0.2, 0.25) is 0 Å². The molecule has 0 aliphatic carbocycles. The summed E-state index contributed by atoms with van der Waals surface area (Å²) < 4.78 is 11.0. The number of anilines is 1. The predicted octanol–water partition coefficient (Wildman–Crippen LogP) is 1.79. The van der Waals surface area contributed by atoms with Crippen LogP contribution in [0.5, 0.6) is 11.5 Å². The van der Waals surface area contributed by atoms with Crippen LogP contribution in [0, 0.1) is 0 Å². The molecule has 5 heteroatoms. The fourth-order valence-corrected chi connectivity index (χ4v) is 1.75. The third kappa shape index (κ3) is 2.18. The van der Waals surface area contributed by atoms with Gasteiger partial charge < -0.3 is 14.8 Å². The van der Waals surface area contributed by atoms with Gasteiger partial charge in [-0.25, -0.2) is 0 Å². The highest BCUT2D eigenvalue weighted by molar-refractivity contribution is 5.45. The van der Waals surface area contributed by atoms with Gasteiger partial charge in [-0.3, -0.25) is 5.10 Å². The normalized spacial score (nSPS) is 13.4. The Morgan fingerprint density at radius 3 is 2.94 bits per heavy atom. The molecule has 0 atom stereocenters. The number of nitrogens with one attached hydrogen (secondary N) is 2. The molecule has 0 bridgehead atoms. The summed E-state index contributed by atoms with van der Waals surface area (Å²) in [7, 11) is 0. The van der Waals surface area contributed by atoms with Crippen LogP contribution in [-0.2, 0) is 6.54 Å². The van der Waals surface area contributed by atoms with Gasteiger partial charge >= 0.3 is 0 Å². The fourth-order valence-electron chi connectivity index (χ4n) is 1.75. The number of hydrogen-bond donors (Lipinski definition) is 2. The van der Waals surface area contributed by atoms with Crippen molar-refractivity contribution in [1.29, 1.82) is 0 Å². The van der Waals surface area contributed by atoms with Crippen molar-refractivity contribution in [3.63, 3.8) is 0 Å². The van der Waals surface area contributed by atoms with E-state index in [1.165, 1.54) is 0 Å². The Balaban J connectivity index is 1.71. The topological polar surface area (TPSA) is 59.2 Å². The Labute approximate surface area is 98.8 Å². The van der Waals surface area contributed by atoms with Crippen LogP contribution in [0.1, 0.15) is 5.56 Å². The van der Waals surface area contributed by atoms with Crippen molar-refractivity contribution in [1.82, 2.24) is 10.2 Å². The molecule has 5 nitrogen and oxygen atoms in total. The summed E-state index contributed by atoms with van der Waals surface area (Å²) in [6.45, 7) is 1.97. The molecule has 1 aromatic carbocycles. The molecule has 2 N–H and O–H groups in total. The molecule has 88 valence electrons. The number of ether oxygens (including phenoxy) is 2. The van der Waals surface area contributed by atoms with E-state index in [4.69, 9.17) is 9.47 Å². The van der Waals surface area contributed by atoms with Crippen LogP contribution in [0.3, 0.4) is 0 Å². The van der Waals surface area contributed by atoms with Crippen LogP contribution in [0.15, 0.2) is 30.6 Å². The first kappa shape index (κ1) is 10.0. The van der Waals surface area contributed by atoms with Gasteiger partial charge in [-0.05, 0) is 17.7 Å². The van der Waals surface area contributed by atoms with E-state index in [0.29, 0.717) is 13.2 Å². The molecule has 3 rings (SSSR count). The van der Waals surface area contributed by atoms with Crippen LogP contribution < -0.4 is 14.8 Å². The van der Waals surface area contributed by atoms with Crippen molar-refractivity contribution in [2.24, 2.45) is 0 Å². The summed E-state index contributed by atoms with van der Waals surface area (Å²) in [5.74, 6) is 1.64. The number of H-pyrrole nitrogens is 1. The van der Waals surface area contributed by atoms with E-state index in [1.807, 2.05) is 24.4 Å². The maximum absolute atomic E-state index is 5.53. The lowest BCUT2D eigenvalue weighted by molar-refractivity contribution is 0.171. The maximum atomic E-state index is 5.53. The summed E-state index contributed by atoms with van der Waals surface area (Å²) in [5, 5.41) is 9.89. The number of nitrogens with zero attached hydrogens (tertiary/aromatic N) is 1. The first-order valence-corrected chi connectivity index (χ1v) is 5.53. The lowest BCUT2D eigenvalue weighted by Gasteiger charge is -2.18. The first-order valence-electron chi connectivity index (χ1n) is 5.53. The number of rotatable bonds is 3. The van der Waals surface area contributed by atoms with Gasteiger partial charge in [-0.2, -0.15) is 5.10 Å². The van der Waals surface area contributed by atoms with Crippen LogP contribution >= 0.6 is 0 Å². The van der Waals surface area contributed by atoms with Crippen molar-refractivity contribution in [2.75, 3.05) is 18.5 Å². The number of aromatic nitrogens is 2. The second kappa shape index (κ2) is 4.37. The summed E-state index contributed by atoms with van der Waals surface area (Å²) in [6.07, 6.45) is 3.57. The summed E-state index contributed by atoms with van der Waals surface area (Å²) in [6, 6.07) is 5.98. The maximum Gasteiger partial charge on any atom is 0.161 e. The van der Waals surface area contributed by atoms with Crippen LogP contribution in [0.25, 0.3) is 0 Å². The molecule has 1 aliphatic rings. The average molecular weight is 231 g/mol. The molecule has 17 heavy (non-hydrogen) atoms. The lowest BCUT2D eigenvalue weighted by atomic mass is 10.2. The fraction of sp³-hybridized carbons (Fsp3) is 0.250. The molecule has 0 radical (unpaired) electrons. The summed E-state index contributed by atoms with van der Waals surface area (Å²) in [5.41, 5.74) is 2.12. The second-order valence-electron chi connectivity index (χ2n) is 3.82. The van der Waals surface area contributed by atoms with E-state index in [0.717, 1.165) is 29.3 Å². The Kier molecular flexibility index (Phi) is 2.57. The highest BCUT2D eigenvalue weighted by Crippen LogP contribution is 2.30. The highest BCUT2D eigenvalue weighted by atomic mass is 16.6. The molecule has 0 saturated heterocycles. The van der Waals surface area contributed by atoms with Crippen molar-refractivity contribution >= 4 is 5.69 Å². The molecule has 0 amide bonds. The van der Waals surface area contributed by atoms with E-state index in [9.17, 15) is 0 Å². The minimum atomic E-state index is 0.617. The Hall–Kier alpha value is -2.17. The quantitative estimate of drug-likeness (QED) is 0.845. The lowest BCUT2D eigenvalue weighted by Crippen LogP contribution is -2.15. The molecular weight excluding hydrogens is 218 g/mol. The van der Waals surface area contributed by atoms with Gasteiger partial charge in [-0.15, -0.1) is 0 Å². The smallest absolute Gasteiger partial charge is 0.161 e. The highest BCUT2D eigenvalue weighted by Gasteiger charge is 2.11. The van der Waals surface area contributed by atoms with Gasteiger partial charge in [0.15, 0.2) is 11.5 Å².